The lowest BCUT2D eigenvalue weighted by atomic mass is 9.77. The zero-order valence-electron chi connectivity index (χ0n) is 15.7. The molecule has 3 N–H and O–H groups in total. The number of hydrogen-bond acceptors (Lipinski definition) is 6. The number of hydrogen-bond donors (Lipinski definition) is 3. The lowest BCUT2D eigenvalue weighted by Gasteiger charge is -2.38. The molecule has 2 aromatic heterocycles. The smallest absolute Gasteiger partial charge is 0.159 e. The largest absolute Gasteiger partial charge is 0.393 e. The summed E-state index contributed by atoms with van der Waals surface area (Å²) >= 11 is 0. The fourth-order valence-corrected chi connectivity index (χ4v) is 4.62. The van der Waals surface area contributed by atoms with Crippen molar-refractivity contribution in [1.29, 1.82) is 0 Å². The van der Waals surface area contributed by atoms with E-state index in [0.717, 1.165) is 34.5 Å². The summed E-state index contributed by atoms with van der Waals surface area (Å²) in [7, 11) is 0. The van der Waals surface area contributed by atoms with Gasteiger partial charge in [0.25, 0.3) is 0 Å². The lowest BCUT2D eigenvalue weighted by molar-refractivity contribution is -0.137. The maximum Gasteiger partial charge on any atom is 0.159 e. The van der Waals surface area contributed by atoms with Gasteiger partial charge in [-0.3, -0.25) is 10.3 Å². The molecule has 5 rings (SSSR count). The van der Waals surface area contributed by atoms with Gasteiger partial charge < -0.3 is 10.4 Å². The molecular formula is C20H27N5O2. The van der Waals surface area contributed by atoms with Gasteiger partial charge in [-0.05, 0) is 25.8 Å². The van der Waals surface area contributed by atoms with E-state index >= 15 is 0 Å². The Morgan fingerprint density at radius 1 is 1.30 bits per heavy atom. The van der Waals surface area contributed by atoms with Gasteiger partial charge in [-0.1, -0.05) is 19.3 Å². The van der Waals surface area contributed by atoms with E-state index in [9.17, 15) is 5.11 Å². The normalized spacial score (nSPS) is 28.2. The molecule has 2 aliphatic carbocycles. The van der Waals surface area contributed by atoms with Crippen LogP contribution in [-0.2, 0) is 11.4 Å². The maximum atomic E-state index is 9.70. The van der Waals surface area contributed by atoms with E-state index in [1.54, 1.807) is 0 Å². The molecule has 0 saturated heterocycles. The van der Waals surface area contributed by atoms with Crippen molar-refractivity contribution in [3.05, 3.63) is 24.0 Å². The molecule has 0 aromatic carbocycles. The number of nitrogens with zero attached hydrogens (tertiary/aromatic N) is 3. The molecule has 0 atom stereocenters. The first-order valence-corrected chi connectivity index (χ1v) is 10.1. The molecule has 2 saturated carbocycles. The molecule has 3 heterocycles. The van der Waals surface area contributed by atoms with Gasteiger partial charge in [-0.15, -0.1) is 0 Å². The van der Waals surface area contributed by atoms with Crippen LogP contribution in [0.25, 0.3) is 16.7 Å². The van der Waals surface area contributed by atoms with Crippen LogP contribution in [0.3, 0.4) is 0 Å². The zero-order valence-corrected chi connectivity index (χ0v) is 15.7. The van der Waals surface area contributed by atoms with Crippen molar-refractivity contribution < 1.29 is 9.94 Å². The van der Waals surface area contributed by atoms with Crippen LogP contribution in [0.15, 0.2) is 18.5 Å². The Morgan fingerprint density at radius 3 is 2.85 bits per heavy atom. The highest BCUT2D eigenvalue weighted by molar-refractivity contribution is 5.95. The molecule has 3 aliphatic rings. The summed E-state index contributed by atoms with van der Waals surface area (Å²) in [5.74, 6) is 0. The van der Waals surface area contributed by atoms with Crippen LogP contribution >= 0.6 is 0 Å². The quantitative estimate of drug-likeness (QED) is 0.768. The van der Waals surface area contributed by atoms with Gasteiger partial charge >= 0.3 is 0 Å². The molecule has 0 unspecified atom stereocenters. The minimum atomic E-state index is -0.376. The summed E-state index contributed by atoms with van der Waals surface area (Å²) in [5.41, 5.74) is 6.66. The first kappa shape index (κ1) is 17.0. The first-order chi connectivity index (χ1) is 13.2. The molecule has 7 nitrogen and oxygen atoms in total. The standard InChI is InChI=1S/C20H27N5O2/c1-2-25-19-16(12-22-25)18(23-13-6-4-3-5-7-13)15(11-21-19)17-10-20(27-24-17)8-14(26)9-20/h10-14,24,26H,2-9H2,1H3,(H,21,23). The molecule has 7 heteroatoms. The van der Waals surface area contributed by atoms with E-state index in [1.807, 2.05) is 17.1 Å². The van der Waals surface area contributed by atoms with Gasteiger partial charge in [0.2, 0.25) is 0 Å². The number of fused-ring (bicyclic) bond motifs is 1. The second-order valence-electron chi connectivity index (χ2n) is 8.11. The van der Waals surface area contributed by atoms with Gasteiger partial charge in [0, 0.05) is 37.2 Å². The van der Waals surface area contributed by atoms with Crippen molar-refractivity contribution in [1.82, 2.24) is 20.2 Å². The Hall–Kier alpha value is -2.12. The van der Waals surface area contributed by atoms with Gasteiger partial charge in [-0.2, -0.15) is 5.10 Å². The molecule has 0 bridgehead atoms. The second-order valence-corrected chi connectivity index (χ2v) is 8.11. The average Bonchev–Trinajstić information content (AvgIpc) is 3.27. The monoisotopic (exact) mass is 369 g/mol. The molecule has 1 aliphatic heterocycles. The summed E-state index contributed by atoms with van der Waals surface area (Å²) < 4.78 is 1.93. The van der Waals surface area contributed by atoms with Gasteiger partial charge in [-0.25, -0.2) is 9.67 Å². The number of nitrogens with one attached hydrogen (secondary N) is 2. The summed E-state index contributed by atoms with van der Waals surface area (Å²) in [4.78, 5) is 10.5. The van der Waals surface area contributed by atoms with Crippen LogP contribution in [-0.4, -0.2) is 37.6 Å². The number of aryl methyl sites for hydroxylation is 1. The number of rotatable bonds is 4. The number of aliphatic hydroxyl groups is 1. The SMILES string of the molecule is CCn1ncc2c(NC3CCCCC3)c(C3=CC4(CC(O)C4)ON3)cnc21. The number of hydroxylamine groups is 1. The van der Waals surface area contributed by atoms with Gasteiger partial charge in [0.1, 0.15) is 5.60 Å². The minimum absolute atomic E-state index is 0.273. The predicted molar refractivity (Wildman–Crippen MR) is 104 cm³/mol. The van der Waals surface area contributed by atoms with Crippen LogP contribution in [0.5, 0.6) is 0 Å². The van der Waals surface area contributed by atoms with E-state index in [1.165, 1.54) is 32.1 Å². The van der Waals surface area contributed by atoms with Crippen molar-refractivity contribution in [3.63, 3.8) is 0 Å². The van der Waals surface area contributed by atoms with E-state index in [4.69, 9.17) is 9.82 Å². The highest BCUT2D eigenvalue weighted by Crippen LogP contribution is 2.43. The second kappa shape index (κ2) is 6.49. The molecule has 144 valence electrons. The third-order valence-corrected chi connectivity index (χ3v) is 6.14. The highest BCUT2D eigenvalue weighted by Gasteiger charge is 2.47. The van der Waals surface area contributed by atoms with Crippen molar-refractivity contribution in [2.24, 2.45) is 0 Å². The molecule has 27 heavy (non-hydrogen) atoms. The van der Waals surface area contributed by atoms with E-state index in [-0.39, 0.29) is 11.7 Å². The molecular weight excluding hydrogens is 342 g/mol. The molecule has 0 radical (unpaired) electrons. The van der Waals surface area contributed by atoms with Crippen LogP contribution < -0.4 is 10.8 Å². The van der Waals surface area contributed by atoms with Gasteiger partial charge in [0.05, 0.1) is 29.1 Å². The Morgan fingerprint density at radius 2 is 2.11 bits per heavy atom. The lowest BCUT2D eigenvalue weighted by Crippen LogP contribution is -2.47. The predicted octanol–water partition coefficient (Wildman–Crippen LogP) is 2.97. The number of anilines is 1. The van der Waals surface area contributed by atoms with Crippen molar-refractivity contribution in [2.75, 3.05) is 5.32 Å². The van der Waals surface area contributed by atoms with E-state index in [2.05, 4.69) is 28.9 Å². The fraction of sp³-hybridized carbons (Fsp3) is 0.600. The van der Waals surface area contributed by atoms with E-state index in [0.29, 0.717) is 18.9 Å². The maximum absolute atomic E-state index is 9.70. The van der Waals surface area contributed by atoms with Crippen LogP contribution in [0.1, 0.15) is 57.4 Å². The van der Waals surface area contributed by atoms with E-state index < -0.39 is 0 Å². The molecule has 1 spiro atoms. The van der Waals surface area contributed by atoms with Crippen LogP contribution in [0.2, 0.25) is 0 Å². The summed E-state index contributed by atoms with van der Waals surface area (Å²) in [6.07, 6.45) is 13.2. The van der Waals surface area contributed by atoms with Crippen molar-refractivity contribution in [2.45, 2.75) is 76.2 Å². The van der Waals surface area contributed by atoms with Gasteiger partial charge in [0.15, 0.2) is 5.65 Å². The summed E-state index contributed by atoms with van der Waals surface area (Å²) in [6, 6.07) is 0.482. The average molecular weight is 369 g/mol. The van der Waals surface area contributed by atoms with Crippen molar-refractivity contribution >= 4 is 22.4 Å². The van der Waals surface area contributed by atoms with Crippen LogP contribution in [0.4, 0.5) is 5.69 Å². The molecule has 2 fully saturated rings. The summed E-state index contributed by atoms with van der Waals surface area (Å²) in [6.45, 7) is 2.88. The number of aromatic nitrogens is 3. The molecule has 2 aromatic rings. The first-order valence-electron chi connectivity index (χ1n) is 10.1. The highest BCUT2D eigenvalue weighted by atomic mass is 16.7. The Kier molecular flexibility index (Phi) is 4.09. The Bertz CT molecular complexity index is 878. The zero-order chi connectivity index (χ0) is 18.4. The third kappa shape index (κ3) is 2.89. The Balaban J connectivity index is 1.55. The topological polar surface area (TPSA) is 84.2 Å². The third-order valence-electron chi connectivity index (χ3n) is 6.14. The molecule has 0 amide bonds. The Labute approximate surface area is 158 Å². The fourth-order valence-electron chi connectivity index (χ4n) is 4.62. The number of pyridine rings is 1. The van der Waals surface area contributed by atoms with Crippen LogP contribution in [0, 0.1) is 0 Å². The summed E-state index contributed by atoms with van der Waals surface area (Å²) in [5, 5.41) is 19.1. The number of aliphatic hydroxyl groups excluding tert-OH is 1. The minimum Gasteiger partial charge on any atom is -0.393 e. The van der Waals surface area contributed by atoms with Crippen molar-refractivity contribution in [3.8, 4) is 0 Å².